The molecule has 2 nitrogen and oxygen atoms in total. The van der Waals surface area contributed by atoms with Crippen LogP contribution in [-0.4, -0.2) is 5.78 Å². The number of carbonyl (C=O) groups excluding carboxylic acids is 1. The van der Waals surface area contributed by atoms with Crippen LogP contribution in [0.4, 0.5) is 0 Å². The van der Waals surface area contributed by atoms with Gasteiger partial charge in [0.2, 0.25) is 0 Å². The van der Waals surface area contributed by atoms with E-state index in [1.54, 1.807) is 0 Å². The fourth-order valence-electron chi connectivity index (χ4n) is 2.97. The fraction of sp³-hybridized carbons (Fsp3) is 0.174. The minimum absolute atomic E-state index is 0.00635. The molecule has 0 radical (unpaired) electrons. The van der Waals surface area contributed by atoms with Gasteiger partial charge in [0.1, 0.15) is 11.5 Å². The first kappa shape index (κ1) is 17.0. The molecule has 0 bridgehead atoms. The zero-order valence-corrected chi connectivity index (χ0v) is 14.6. The maximum atomic E-state index is 13.0. The highest BCUT2D eigenvalue weighted by Crippen LogP contribution is 2.30. The van der Waals surface area contributed by atoms with Crippen LogP contribution in [0.5, 0.6) is 0 Å². The van der Waals surface area contributed by atoms with E-state index in [9.17, 15) is 4.79 Å². The summed E-state index contributed by atoms with van der Waals surface area (Å²) in [6, 6.07) is 21.1. The van der Waals surface area contributed by atoms with Gasteiger partial charge in [-0.15, -0.1) is 0 Å². The number of ketones is 1. The first-order valence-electron chi connectivity index (χ1n) is 8.59. The Labute approximate surface area is 148 Å². The molecule has 0 saturated carbocycles. The second-order valence-corrected chi connectivity index (χ2v) is 6.22. The van der Waals surface area contributed by atoms with E-state index < -0.39 is 0 Å². The third kappa shape index (κ3) is 3.97. The Morgan fingerprint density at radius 1 is 1.04 bits per heavy atom. The summed E-state index contributed by atoms with van der Waals surface area (Å²) in [6.45, 7) is 4.15. The number of carbonyl (C=O) groups is 1. The molecule has 0 aliphatic carbocycles. The third-order valence-corrected chi connectivity index (χ3v) is 4.14. The van der Waals surface area contributed by atoms with Gasteiger partial charge in [0.05, 0.1) is 5.56 Å². The number of benzene rings is 2. The normalized spacial score (nSPS) is 12.4. The van der Waals surface area contributed by atoms with E-state index in [4.69, 9.17) is 4.42 Å². The molecule has 0 amide bonds. The van der Waals surface area contributed by atoms with Crippen LogP contribution < -0.4 is 0 Å². The maximum Gasteiger partial charge on any atom is 0.196 e. The van der Waals surface area contributed by atoms with Crippen LogP contribution in [0.15, 0.2) is 83.3 Å². The van der Waals surface area contributed by atoms with Crippen molar-refractivity contribution >= 4 is 5.78 Å². The summed E-state index contributed by atoms with van der Waals surface area (Å²) in [7, 11) is 0. The van der Waals surface area contributed by atoms with Gasteiger partial charge in [0, 0.05) is 17.5 Å². The lowest BCUT2D eigenvalue weighted by molar-refractivity contribution is 0.103. The second kappa shape index (κ2) is 7.80. The first-order chi connectivity index (χ1) is 12.2. The molecule has 2 heteroatoms. The summed E-state index contributed by atoms with van der Waals surface area (Å²) < 4.78 is 6.11. The SMILES string of the molecule is C/C=C/C(C)Cc1cc(C(=O)c2ccccc2)c(-c2ccccc2)o1. The largest absolute Gasteiger partial charge is 0.460 e. The highest BCUT2D eigenvalue weighted by atomic mass is 16.3. The highest BCUT2D eigenvalue weighted by molar-refractivity contribution is 6.12. The molecule has 0 aliphatic rings. The van der Waals surface area contributed by atoms with Crippen LogP contribution in [0.2, 0.25) is 0 Å². The van der Waals surface area contributed by atoms with Crippen LogP contribution in [-0.2, 0) is 6.42 Å². The molecule has 126 valence electrons. The lowest BCUT2D eigenvalue weighted by Gasteiger charge is -2.03. The monoisotopic (exact) mass is 330 g/mol. The van der Waals surface area contributed by atoms with Crippen molar-refractivity contribution in [1.29, 1.82) is 0 Å². The number of allylic oxidation sites excluding steroid dienone is 2. The van der Waals surface area contributed by atoms with Crippen LogP contribution in [0, 0.1) is 5.92 Å². The van der Waals surface area contributed by atoms with Crippen molar-refractivity contribution in [3.05, 3.63) is 95.8 Å². The van der Waals surface area contributed by atoms with E-state index in [2.05, 4.69) is 13.0 Å². The van der Waals surface area contributed by atoms with E-state index in [0.717, 1.165) is 17.7 Å². The van der Waals surface area contributed by atoms with Crippen molar-refractivity contribution in [1.82, 2.24) is 0 Å². The van der Waals surface area contributed by atoms with Gasteiger partial charge in [-0.2, -0.15) is 0 Å². The standard InChI is InChI=1S/C23H22O2/c1-3-10-17(2)15-20-16-21(22(24)18-11-6-4-7-12-18)23(25-20)19-13-8-5-9-14-19/h3-14,16-17H,15H2,1-2H3/b10-3+. The van der Waals surface area contributed by atoms with Crippen molar-refractivity contribution in [2.75, 3.05) is 0 Å². The molecule has 0 fully saturated rings. The van der Waals surface area contributed by atoms with Crippen molar-refractivity contribution in [2.45, 2.75) is 20.3 Å². The minimum Gasteiger partial charge on any atom is -0.460 e. The van der Waals surface area contributed by atoms with E-state index in [1.165, 1.54) is 0 Å². The third-order valence-electron chi connectivity index (χ3n) is 4.14. The first-order valence-corrected chi connectivity index (χ1v) is 8.59. The van der Waals surface area contributed by atoms with Crippen molar-refractivity contribution in [2.24, 2.45) is 5.92 Å². The molecule has 3 rings (SSSR count). The predicted molar refractivity (Wildman–Crippen MR) is 102 cm³/mol. The van der Waals surface area contributed by atoms with Crippen LogP contribution in [0.1, 0.15) is 35.5 Å². The minimum atomic E-state index is -0.00635. The molecule has 1 atom stereocenters. The smallest absolute Gasteiger partial charge is 0.196 e. The van der Waals surface area contributed by atoms with Crippen LogP contribution in [0.25, 0.3) is 11.3 Å². The lowest BCUT2D eigenvalue weighted by atomic mass is 9.99. The van der Waals surface area contributed by atoms with Crippen molar-refractivity contribution in [3.8, 4) is 11.3 Å². The molecule has 1 aromatic heterocycles. The summed E-state index contributed by atoms with van der Waals surface area (Å²) in [5.41, 5.74) is 2.22. The Morgan fingerprint density at radius 2 is 1.68 bits per heavy atom. The quantitative estimate of drug-likeness (QED) is 0.414. The van der Waals surface area contributed by atoms with Crippen LogP contribution >= 0.6 is 0 Å². The summed E-state index contributed by atoms with van der Waals surface area (Å²) in [5.74, 6) is 1.84. The molecular formula is C23H22O2. The van der Waals surface area contributed by atoms with Gasteiger partial charge < -0.3 is 4.42 Å². The Bertz CT molecular complexity index is 858. The van der Waals surface area contributed by atoms with Gasteiger partial charge in [-0.3, -0.25) is 4.79 Å². The maximum absolute atomic E-state index is 13.0. The number of rotatable bonds is 6. The molecule has 1 heterocycles. The fourth-order valence-corrected chi connectivity index (χ4v) is 2.97. The Hall–Kier alpha value is -2.87. The van der Waals surface area contributed by atoms with E-state index in [0.29, 0.717) is 22.8 Å². The van der Waals surface area contributed by atoms with Gasteiger partial charge in [-0.25, -0.2) is 0 Å². The molecule has 2 aromatic carbocycles. The summed E-state index contributed by atoms with van der Waals surface area (Å²) in [6.07, 6.45) is 4.96. The zero-order valence-electron chi connectivity index (χ0n) is 14.6. The van der Waals surface area contributed by atoms with E-state index in [-0.39, 0.29) is 5.78 Å². The van der Waals surface area contributed by atoms with Crippen molar-refractivity contribution in [3.63, 3.8) is 0 Å². The predicted octanol–water partition coefficient (Wildman–Crippen LogP) is 5.93. The van der Waals surface area contributed by atoms with Gasteiger partial charge in [-0.05, 0) is 18.9 Å². The van der Waals surface area contributed by atoms with E-state index in [1.807, 2.05) is 79.7 Å². The Kier molecular flexibility index (Phi) is 5.30. The topological polar surface area (TPSA) is 30.2 Å². The average Bonchev–Trinajstić information content (AvgIpc) is 3.06. The molecular weight excluding hydrogens is 308 g/mol. The van der Waals surface area contributed by atoms with Crippen LogP contribution in [0.3, 0.4) is 0 Å². The molecule has 0 N–H and O–H groups in total. The number of furan rings is 1. The van der Waals surface area contributed by atoms with Gasteiger partial charge in [-0.1, -0.05) is 79.7 Å². The van der Waals surface area contributed by atoms with Gasteiger partial charge in [0.15, 0.2) is 5.78 Å². The Morgan fingerprint density at radius 3 is 2.32 bits per heavy atom. The van der Waals surface area contributed by atoms with E-state index >= 15 is 0 Å². The highest BCUT2D eigenvalue weighted by Gasteiger charge is 2.21. The lowest BCUT2D eigenvalue weighted by Crippen LogP contribution is -2.01. The Balaban J connectivity index is 2.03. The summed E-state index contributed by atoms with van der Waals surface area (Å²) in [5, 5.41) is 0. The molecule has 0 spiro atoms. The molecule has 0 saturated heterocycles. The molecule has 1 unspecified atom stereocenters. The summed E-state index contributed by atoms with van der Waals surface area (Å²) >= 11 is 0. The second-order valence-electron chi connectivity index (χ2n) is 6.22. The van der Waals surface area contributed by atoms with Gasteiger partial charge >= 0.3 is 0 Å². The molecule has 25 heavy (non-hydrogen) atoms. The van der Waals surface area contributed by atoms with Crippen molar-refractivity contribution < 1.29 is 9.21 Å². The molecule has 0 aliphatic heterocycles. The zero-order chi connectivity index (χ0) is 17.6. The average molecular weight is 330 g/mol. The summed E-state index contributed by atoms with van der Waals surface area (Å²) in [4.78, 5) is 13.0. The molecule has 3 aromatic rings. The number of hydrogen-bond acceptors (Lipinski definition) is 2. The van der Waals surface area contributed by atoms with Gasteiger partial charge in [0.25, 0.3) is 0 Å². The number of hydrogen-bond donors (Lipinski definition) is 0.